The van der Waals surface area contributed by atoms with Crippen molar-refractivity contribution in [2.24, 2.45) is 0 Å². The molecule has 0 radical (unpaired) electrons. The van der Waals surface area contributed by atoms with Crippen molar-refractivity contribution in [3.63, 3.8) is 0 Å². The van der Waals surface area contributed by atoms with Crippen LogP contribution in [0.5, 0.6) is 0 Å². The minimum Gasteiger partial charge on any atom is -0.378 e. The largest absolute Gasteiger partial charge is 0.378 e. The number of thiocarbonyl (C=S) groups is 1. The zero-order valence-electron chi connectivity index (χ0n) is 14.3. The predicted octanol–water partition coefficient (Wildman–Crippen LogP) is 4.36. The van der Waals surface area contributed by atoms with Gasteiger partial charge >= 0.3 is 0 Å². The zero-order chi connectivity index (χ0) is 16.8. The van der Waals surface area contributed by atoms with E-state index in [-0.39, 0.29) is 0 Å². The van der Waals surface area contributed by atoms with Crippen LogP contribution in [0.25, 0.3) is 0 Å². The fraction of sp³-hybridized carbons (Fsp3) is 0.316. The monoisotopic (exact) mass is 327 g/mol. The van der Waals surface area contributed by atoms with E-state index in [1.807, 2.05) is 14.1 Å². The Labute approximate surface area is 144 Å². The van der Waals surface area contributed by atoms with E-state index in [1.165, 1.54) is 16.8 Å². The second kappa shape index (κ2) is 7.97. The minimum atomic E-state index is 0.541. The maximum Gasteiger partial charge on any atom is 0.171 e. The van der Waals surface area contributed by atoms with E-state index >= 15 is 0 Å². The van der Waals surface area contributed by atoms with Crippen molar-refractivity contribution in [2.75, 3.05) is 24.3 Å². The molecule has 0 saturated carbocycles. The number of nitrogens with zero attached hydrogens (tertiary/aromatic N) is 1. The summed E-state index contributed by atoms with van der Waals surface area (Å²) in [5, 5.41) is 7.10. The molecule has 0 aliphatic carbocycles. The van der Waals surface area contributed by atoms with Gasteiger partial charge in [0, 0.05) is 32.0 Å². The highest BCUT2D eigenvalue weighted by atomic mass is 32.1. The van der Waals surface area contributed by atoms with Crippen LogP contribution in [0.2, 0.25) is 0 Å². The molecule has 0 atom stereocenters. The highest BCUT2D eigenvalue weighted by molar-refractivity contribution is 7.80. The first-order valence-corrected chi connectivity index (χ1v) is 8.27. The van der Waals surface area contributed by atoms with E-state index in [0.717, 1.165) is 5.69 Å². The van der Waals surface area contributed by atoms with Crippen LogP contribution >= 0.6 is 12.2 Å². The number of benzene rings is 2. The van der Waals surface area contributed by atoms with Gasteiger partial charge in [-0.25, -0.2) is 0 Å². The standard InChI is InChI=1S/C19H25N3S/c1-14(2)16-7-9-17(10-8-16)21-19(23)20-13-15-5-11-18(12-6-15)22(3)4/h5-12,14H,13H2,1-4H3,(H2,20,21,23). The lowest BCUT2D eigenvalue weighted by Crippen LogP contribution is -2.27. The lowest BCUT2D eigenvalue weighted by Gasteiger charge is -2.14. The summed E-state index contributed by atoms with van der Waals surface area (Å²) in [6.45, 7) is 5.09. The Morgan fingerprint density at radius 2 is 1.61 bits per heavy atom. The Bertz CT molecular complexity index is 631. The average molecular weight is 327 g/mol. The summed E-state index contributed by atoms with van der Waals surface area (Å²) < 4.78 is 0. The molecule has 4 heteroatoms. The molecule has 0 saturated heterocycles. The molecular weight excluding hydrogens is 302 g/mol. The SMILES string of the molecule is CC(C)c1ccc(NC(=S)NCc2ccc(N(C)C)cc2)cc1. The van der Waals surface area contributed by atoms with Gasteiger partial charge in [0.25, 0.3) is 0 Å². The number of nitrogens with one attached hydrogen (secondary N) is 2. The van der Waals surface area contributed by atoms with E-state index in [0.29, 0.717) is 17.6 Å². The van der Waals surface area contributed by atoms with E-state index in [2.05, 4.69) is 77.9 Å². The van der Waals surface area contributed by atoms with Crippen molar-refractivity contribution < 1.29 is 0 Å². The van der Waals surface area contributed by atoms with E-state index in [4.69, 9.17) is 12.2 Å². The fourth-order valence-corrected chi connectivity index (χ4v) is 2.41. The van der Waals surface area contributed by atoms with Crippen molar-refractivity contribution in [1.29, 1.82) is 0 Å². The first kappa shape index (κ1) is 17.3. The number of hydrogen-bond donors (Lipinski definition) is 2. The lowest BCUT2D eigenvalue weighted by molar-refractivity contribution is 0.867. The van der Waals surface area contributed by atoms with Crippen molar-refractivity contribution in [3.8, 4) is 0 Å². The van der Waals surface area contributed by atoms with Crippen LogP contribution in [0.15, 0.2) is 48.5 Å². The van der Waals surface area contributed by atoms with E-state index in [1.54, 1.807) is 0 Å². The molecule has 0 aliphatic rings. The maximum atomic E-state index is 5.36. The lowest BCUT2D eigenvalue weighted by atomic mass is 10.0. The third kappa shape index (κ3) is 5.25. The second-order valence-corrected chi connectivity index (χ2v) is 6.55. The van der Waals surface area contributed by atoms with Gasteiger partial charge in [-0.3, -0.25) is 0 Å². The van der Waals surface area contributed by atoms with Crippen LogP contribution in [0.4, 0.5) is 11.4 Å². The first-order valence-electron chi connectivity index (χ1n) is 7.87. The van der Waals surface area contributed by atoms with Crippen molar-refractivity contribution in [1.82, 2.24) is 5.32 Å². The zero-order valence-corrected chi connectivity index (χ0v) is 15.1. The van der Waals surface area contributed by atoms with Gasteiger partial charge in [-0.15, -0.1) is 0 Å². The molecule has 0 fully saturated rings. The fourth-order valence-electron chi connectivity index (χ4n) is 2.22. The molecule has 0 aromatic heterocycles. The highest BCUT2D eigenvalue weighted by Crippen LogP contribution is 2.17. The Kier molecular flexibility index (Phi) is 5.99. The number of hydrogen-bond acceptors (Lipinski definition) is 2. The molecule has 0 amide bonds. The normalized spacial score (nSPS) is 10.5. The Morgan fingerprint density at radius 1 is 1.00 bits per heavy atom. The van der Waals surface area contributed by atoms with Crippen LogP contribution in [-0.4, -0.2) is 19.2 Å². The minimum absolute atomic E-state index is 0.541. The summed E-state index contributed by atoms with van der Waals surface area (Å²) in [7, 11) is 4.08. The highest BCUT2D eigenvalue weighted by Gasteiger charge is 2.01. The topological polar surface area (TPSA) is 27.3 Å². The Balaban J connectivity index is 1.85. The smallest absolute Gasteiger partial charge is 0.171 e. The summed E-state index contributed by atoms with van der Waals surface area (Å²) in [5.41, 5.74) is 4.74. The van der Waals surface area contributed by atoms with Crippen LogP contribution in [0.3, 0.4) is 0 Å². The van der Waals surface area contributed by atoms with E-state index in [9.17, 15) is 0 Å². The van der Waals surface area contributed by atoms with Gasteiger partial charge in [0.2, 0.25) is 0 Å². The van der Waals surface area contributed by atoms with Gasteiger partial charge < -0.3 is 15.5 Å². The molecule has 2 rings (SSSR count). The molecular formula is C19H25N3S. The molecule has 0 spiro atoms. The average Bonchev–Trinajstić information content (AvgIpc) is 2.54. The third-order valence-electron chi connectivity index (χ3n) is 3.74. The molecule has 2 N–H and O–H groups in total. The van der Waals surface area contributed by atoms with E-state index < -0.39 is 0 Å². The number of anilines is 2. The molecule has 2 aromatic carbocycles. The summed E-state index contributed by atoms with van der Waals surface area (Å²) in [5.74, 6) is 0.541. The maximum absolute atomic E-state index is 5.36. The Hall–Kier alpha value is -2.07. The molecule has 0 bridgehead atoms. The van der Waals surface area contributed by atoms with Gasteiger partial charge in [-0.2, -0.15) is 0 Å². The predicted molar refractivity (Wildman–Crippen MR) is 104 cm³/mol. The summed E-state index contributed by atoms with van der Waals surface area (Å²) in [6, 6.07) is 16.8. The summed E-state index contributed by atoms with van der Waals surface area (Å²) >= 11 is 5.36. The van der Waals surface area contributed by atoms with Gasteiger partial charge in [0.1, 0.15) is 0 Å². The second-order valence-electron chi connectivity index (χ2n) is 6.15. The summed E-state index contributed by atoms with van der Waals surface area (Å²) in [6.07, 6.45) is 0. The van der Waals surface area contributed by atoms with Crippen molar-refractivity contribution in [2.45, 2.75) is 26.3 Å². The molecule has 0 aliphatic heterocycles. The van der Waals surface area contributed by atoms with Crippen LogP contribution in [0.1, 0.15) is 30.9 Å². The first-order chi connectivity index (χ1) is 11.0. The van der Waals surface area contributed by atoms with Crippen LogP contribution < -0.4 is 15.5 Å². The van der Waals surface area contributed by atoms with Gasteiger partial charge in [0.05, 0.1) is 0 Å². The van der Waals surface area contributed by atoms with Crippen molar-refractivity contribution >= 4 is 28.7 Å². The third-order valence-corrected chi connectivity index (χ3v) is 3.99. The molecule has 3 nitrogen and oxygen atoms in total. The van der Waals surface area contributed by atoms with Gasteiger partial charge in [0.15, 0.2) is 5.11 Å². The molecule has 0 unspecified atom stereocenters. The molecule has 0 heterocycles. The Morgan fingerprint density at radius 3 is 2.13 bits per heavy atom. The van der Waals surface area contributed by atoms with Crippen molar-refractivity contribution in [3.05, 3.63) is 59.7 Å². The molecule has 2 aromatic rings. The number of rotatable bonds is 5. The summed E-state index contributed by atoms with van der Waals surface area (Å²) in [4.78, 5) is 2.09. The molecule has 122 valence electrons. The van der Waals surface area contributed by atoms with Crippen LogP contribution in [0, 0.1) is 0 Å². The van der Waals surface area contributed by atoms with Gasteiger partial charge in [-0.1, -0.05) is 38.1 Å². The van der Waals surface area contributed by atoms with Gasteiger partial charge in [-0.05, 0) is 53.5 Å². The van der Waals surface area contributed by atoms with Crippen LogP contribution in [-0.2, 0) is 6.54 Å². The molecule has 23 heavy (non-hydrogen) atoms. The quantitative estimate of drug-likeness (QED) is 0.798.